The third-order valence-electron chi connectivity index (χ3n) is 1.76. The van der Waals surface area contributed by atoms with Crippen molar-refractivity contribution in [3.63, 3.8) is 0 Å². The molecule has 2 aromatic heterocycles. The highest BCUT2D eigenvalue weighted by atomic mass is 79.9. The molecule has 0 spiro atoms. The third-order valence-corrected chi connectivity index (χ3v) is 2.14. The predicted molar refractivity (Wildman–Crippen MR) is 50.3 cm³/mol. The molecule has 4 nitrogen and oxygen atoms in total. The number of aryl methyl sites for hydroxylation is 1. The lowest BCUT2D eigenvalue weighted by atomic mass is 10.4. The van der Waals surface area contributed by atoms with Crippen molar-refractivity contribution in [2.45, 2.75) is 13.5 Å². The largest absolute Gasteiger partial charge is 0.358 e. The van der Waals surface area contributed by atoms with Crippen molar-refractivity contribution in [3.05, 3.63) is 34.4 Å². The lowest BCUT2D eigenvalue weighted by molar-refractivity contribution is 0.367. The molecule has 0 radical (unpaired) electrons. The molecule has 0 unspecified atom stereocenters. The quantitative estimate of drug-likeness (QED) is 0.808. The lowest BCUT2D eigenvalue weighted by Gasteiger charge is -1.98. The van der Waals surface area contributed by atoms with Crippen molar-refractivity contribution >= 4 is 15.9 Å². The molecule has 0 atom stereocenters. The molecule has 5 heteroatoms. The van der Waals surface area contributed by atoms with Gasteiger partial charge in [-0.25, -0.2) is 0 Å². The van der Waals surface area contributed by atoms with Crippen LogP contribution >= 0.6 is 15.9 Å². The highest BCUT2D eigenvalue weighted by Crippen LogP contribution is 2.11. The van der Waals surface area contributed by atoms with Gasteiger partial charge in [-0.15, -0.1) is 0 Å². The van der Waals surface area contributed by atoms with Gasteiger partial charge in [-0.2, -0.15) is 5.10 Å². The summed E-state index contributed by atoms with van der Waals surface area (Å²) in [5.74, 6) is 0.790. The van der Waals surface area contributed by atoms with Crippen LogP contribution in [0.25, 0.3) is 0 Å². The van der Waals surface area contributed by atoms with Crippen LogP contribution < -0.4 is 0 Å². The fourth-order valence-electron chi connectivity index (χ4n) is 1.07. The molecule has 13 heavy (non-hydrogen) atoms. The summed E-state index contributed by atoms with van der Waals surface area (Å²) in [6, 6.07) is 3.78. The smallest absolute Gasteiger partial charge is 0.159 e. The molecule has 0 saturated carbocycles. The van der Waals surface area contributed by atoms with Crippen LogP contribution in [0.3, 0.4) is 0 Å². The molecule has 0 fully saturated rings. The molecule has 2 aromatic rings. The maximum Gasteiger partial charge on any atom is 0.159 e. The van der Waals surface area contributed by atoms with Crippen molar-refractivity contribution < 1.29 is 4.52 Å². The second kappa shape index (κ2) is 3.33. The standard InChI is InChI=1S/C8H8BrN3O/c1-6-2-3-10-12(6)5-7-4-8(9)11-13-7/h2-4H,5H2,1H3. The Bertz CT molecular complexity index is 407. The van der Waals surface area contributed by atoms with E-state index in [2.05, 4.69) is 26.2 Å². The number of hydrogen-bond donors (Lipinski definition) is 0. The molecule has 2 rings (SSSR count). The minimum atomic E-state index is 0.622. The summed E-state index contributed by atoms with van der Waals surface area (Å²) in [6.07, 6.45) is 1.76. The molecule has 68 valence electrons. The maximum atomic E-state index is 5.03. The van der Waals surface area contributed by atoms with E-state index < -0.39 is 0 Å². The molecule has 0 N–H and O–H groups in total. The summed E-state index contributed by atoms with van der Waals surface area (Å²) in [5.41, 5.74) is 1.10. The van der Waals surface area contributed by atoms with Gasteiger partial charge in [0.2, 0.25) is 0 Å². The Labute approximate surface area is 83.7 Å². The molecule has 0 amide bonds. The minimum Gasteiger partial charge on any atom is -0.358 e. The van der Waals surface area contributed by atoms with Crippen molar-refractivity contribution in [1.82, 2.24) is 14.9 Å². The number of hydrogen-bond acceptors (Lipinski definition) is 3. The van der Waals surface area contributed by atoms with E-state index in [0.29, 0.717) is 11.1 Å². The molecule has 0 saturated heterocycles. The summed E-state index contributed by atoms with van der Waals surface area (Å²) in [5, 5.41) is 7.86. The Balaban J connectivity index is 2.19. The average molecular weight is 242 g/mol. The van der Waals surface area contributed by atoms with Crippen molar-refractivity contribution in [2.24, 2.45) is 0 Å². The summed E-state index contributed by atoms with van der Waals surface area (Å²) in [7, 11) is 0. The van der Waals surface area contributed by atoms with E-state index in [1.807, 2.05) is 23.7 Å². The Morgan fingerprint density at radius 1 is 1.62 bits per heavy atom. The Kier molecular flexibility index (Phi) is 2.18. The SMILES string of the molecule is Cc1ccnn1Cc1cc(Br)no1. The number of nitrogens with zero attached hydrogens (tertiary/aromatic N) is 3. The van der Waals surface area contributed by atoms with Crippen LogP contribution in [-0.4, -0.2) is 14.9 Å². The molecule has 0 aliphatic heterocycles. The van der Waals surface area contributed by atoms with Gasteiger partial charge in [0.25, 0.3) is 0 Å². The summed E-state index contributed by atoms with van der Waals surface area (Å²) < 4.78 is 7.60. The van der Waals surface area contributed by atoms with E-state index in [9.17, 15) is 0 Å². The van der Waals surface area contributed by atoms with Crippen molar-refractivity contribution in [3.8, 4) is 0 Å². The van der Waals surface area contributed by atoms with E-state index in [0.717, 1.165) is 11.5 Å². The highest BCUT2D eigenvalue weighted by Gasteiger charge is 2.04. The van der Waals surface area contributed by atoms with Gasteiger partial charge >= 0.3 is 0 Å². The molecular weight excluding hydrogens is 234 g/mol. The fourth-order valence-corrected chi connectivity index (χ4v) is 1.40. The first-order valence-electron chi connectivity index (χ1n) is 3.85. The fraction of sp³-hybridized carbons (Fsp3) is 0.250. The first-order chi connectivity index (χ1) is 6.25. The van der Waals surface area contributed by atoms with Crippen LogP contribution in [0.15, 0.2) is 27.5 Å². The maximum absolute atomic E-state index is 5.03. The monoisotopic (exact) mass is 241 g/mol. The van der Waals surface area contributed by atoms with Gasteiger partial charge in [-0.05, 0) is 28.9 Å². The van der Waals surface area contributed by atoms with Crippen LogP contribution in [-0.2, 0) is 6.54 Å². The summed E-state index contributed by atoms with van der Waals surface area (Å²) in [4.78, 5) is 0. The zero-order valence-electron chi connectivity index (χ0n) is 7.07. The van der Waals surface area contributed by atoms with Gasteiger partial charge in [-0.3, -0.25) is 4.68 Å². The molecule has 0 aliphatic carbocycles. The van der Waals surface area contributed by atoms with Gasteiger partial charge in [0.05, 0.1) is 0 Å². The van der Waals surface area contributed by atoms with E-state index >= 15 is 0 Å². The Morgan fingerprint density at radius 2 is 2.46 bits per heavy atom. The zero-order valence-corrected chi connectivity index (χ0v) is 8.65. The van der Waals surface area contributed by atoms with Gasteiger partial charge in [0.1, 0.15) is 11.1 Å². The van der Waals surface area contributed by atoms with Crippen molar-refractivity contribution in [2.75, 3.05) is 0 Å². The second-order valence-corrected chi connectivity index (χ2v) is 3.56. The third kappa shape index (κ3) is 1.80. The molecule has 0 aliphatic rings. The van der Waals surface area contributed by atoms with E-state index in [4.69, 9.17) is 4.52 Å². The van der Waals surface area contributed by atoms with Crippen LogP contribution in [0, 0.1) is 6.92 Å². The number of halogens is 1. The first kappa shape index (κ1) is 8.50. The van der Waals surface area contributed by atoms with Crippen LogP contribution in [0.1, 0.15) is 11.5 Å². The number of rotatable bonds is 2. The van der Waals surface area contributed by atoms with E-state index in [1.54, 1.807) is 6.20 Å². The minimum absolute atomic E-state index is 0.622. The zero-order chi connectivity index (χ0) is 9.26. The molecule has 2 heterocycles. The Morgan fingerprint density at radius 3 is 3.00 bits per heavy atom. The molecular formula is C8H8BrN3O. The van der Waals surface area contributed by atoms with Gasteiger partial charge in [0.15, 0.2) is 5.76 Å². The normalized spacial score (nSPS) is 10.6. The van der Waals surface area contributed by atoms with Crippen LogP contribution in [0.4, 0.5) is 0 Å². The van der Waals surface area contributed by atoms with Gasteiger partial charge in [-0.1, -0.05) is 5.16 Å². The predicted octanol–water partition coefficient (Wildman–Crippen LogP) is 1.99. The topological polar surface area (TPSA) is 43.9 Å². The Hall–Kier alpha value is -1.10. The van der Waals surface area contributed by atoms with E-state index in [-0.39, 0.29) is 0 Å². The lowest BCUT2D eigenvalue weighted by Crippen LogP contribution is -2.02. The number of aromatic nitrogens is 3. The molecule has 0 aromatic carbocycles. The van der Waals surface area contributed by atoms with E-state index in [1.165, 1.54) is 0 Å². The second-order valence-electron chi connectivity index (χ2n) is 2.75. The summed E-state index contributed by atoms with van der Waals surface area (Å²) >= 11 is 3.22. The average Bonchev–Trinajstić information content (AvgIpc) is 2.64. The molecule has 0 bridgehead atoms. The first-order valence-corrected chi connectivity index (χ1v) is 4.64. The highest BCUT2D eigenvalue weighted by molar-refractivity contribution is 9.10. The van der Waals surface area contributed by atoms with Crippen LogP contribution in [0.5, 0.6) is 0 Å². The summed E-state index contributed by atoms with van der Waals surface area (Å²) in [6.45, 7) is 2.62. The van der Waals surface area contributed by atoms with Gasteiger partial charge in [0, 0.05) is 18.0 Å². The van der Waals surface area contributed by atoms with Gasteiger partial charge < -0.3 is 4.52 Å². The van der Waals surface area contributed by atoms with Crippen molar-refractivity contribution in [1.29, 1.82) is 0 Å². The van der Waals surface area contributed by atoms with Crippen LogP contribution in [0.2, 0.25) is 0 Å².